The van der Waals surface area contributed by atoms with Crippen LogP contribution in [0.15, 0.2) is 24.5 Å². The Kier molecular flexibility index (Phi) is 3.90. The molecule has 0 aliphatic heterocycles. The largest absolute Gasteiger partial charge is 0.376 e. The van der Waals surface area contributed by atoms with Crippen LogP contribution in [0.5, 0.6) is 0 Å². The summed E-state index contributed by atoms with van der Waals surface area (Å²) < 4.78 is 5.45. The number of rotatable bonds is 4. The van der Waals surface area contributed by atoms with Crippen LogP contribution in [0, 0.1) is 5.92 Å². The lowest BCUT2D eigenvalue weighted by molar-refractivity contribution is 0.0562. The number of nitrogens with zero attached hydrogens (tertiary/aromatic N) is 1. The molecule has 2 heteroatoms. The van der Waals surface area contributed by atoms with Crippen molar-refractivity contribution in [2.75, 3.05) is 7.11 Å². The zero-order valence-corrected chi connectivity index (χ0v) is 8.53. The van der Waals surface area contributed by atoms with Gasteiger partial charge in [0.05, 0.1) is 6.10 Å². The highest BCUT2D eigenvalue weighted by atomic mass is 16.5. The summed E-state index contributed by atoms with van der Waals surface area (Å²) in [5, 5.41) is 0. The van der Waals surface area contributed by atoms with E-state index in [0.717, 1.165) is 6.42 Å². The predicted octanol–water partition coefficient (Wildman–Crippen LogP) is 2.82. The lowest BCUT2D eigenvalue weighted by Gasteiger charge is -2.21. The van der Waals surface area contributed by atoms with Gasteiger partial charge in [-0.25, -0.2) is 0 Å². The zero-order valence-electron chi connectivity index (χ0n) is 8.53. The molecule has 1 heterocycles. The molecular formula is C11H17NO. The second-order valence-corrected chi connectivity index (χ2v) is 3.33. The van der Waals surface area contributed by atoms with Crippen LogP contribution >= 0.6 is 0 Å². The van der Waals surface area contributed by atoms with Gasteiger partial charge in [-0.3, -0.25) is 4.98 Å². The molecule has 0 saturated heterocycles. The van der Waals surface area contributed by atoms with E-state index < -0.39 is 0 Å². The maximum absolute atomic E-state index is 5.45. The Balaban J connectivity index is 2.78. The average Bonchev–Trinajstić information content (AvgIpc) is 2.20. The van der Waals surface area contributed by atoms with Crippen LogP contribution < -0.4 is 0 Å². The number of pyridine rings is 1. The molecule has 0 amide bonds. The lowest BCUT2D eigenvalue weighted by atomic mass is 9.96. The minimum atomic E-state index is 0.179. The summed E-state index contributed by atoms with van der Waals surface area (Å²) in [6.45, 7) is 4.37. The van der Waals surface area contributed by atoms with Gasteiger partial charge in [0.25, 0.3) is 0 Å². The molecule has 13 heavy (non-hydrogen) atoms. The Hall–Kier alpha value is -0.890. The van der Waals surface area contributed by atoms with E-state index in [-0.39, 0.29) is 6.10 Å². The number of hydrogen-bond donors (Lipinski definition) is 0. The fourth-order valence-electron chi connectivity index (χ4n) is 1.46. The van der Waals surface area contributed by atoms with Gasteiger partial charge in [0, 0.05) is 19.5 Å². The van der Waals surface area contributed by atoms with Crippen molar-refractivity contribution in [3.8, 4) is 0 Å². The average molecular weight is 179 g/mol. The van der Waals surface area contributed by atoms with Crippen molar-refractivity contribution in [2.24, 2.45) is 5.92 Å². The second-order valence-electron chi connectivity index (χ2n) is 3.33. The maximum atomic E-state index is 5.45. The molecule has 0 saturated carbocycles. The highest BCUT2D eigenvalue weighted by molar-refractivity contribution is 5.12. The molecule has 0 aliphatic carbocycles. The predicted molar refractivity (Wildman–Crippen MR) is 53.4 cm³/mol. The smallest absolute Gasteiger partial charge is 0.0861 e. The Morgan fingerprint density at radius 3 is 2.77 bits per heavy atom. The van der Waals surface area contributed by atoms with Gasteiger partial charge in [-0.1, -0.05) is 26.3 Å². The van der Waals surface area contributed by atoms with Crippen LogP contribution in [0.3, 0.4) is 0 Å². The summed E-state index contributed by atoms with van der Waals surface area (Å²) in [5.41, 5.74) is 1.17. The molecule has 1 aromatic rings. The molecule has 0 radical (unpaired) electrons. The van der Waals surface area contributed by atoms with Crippen molar-refractivity contribution in [1.82, 2.24) is 4.98 Å². The Morgan fingerprint density at radius 1 is 1.54 bits per heavy atom. The van der Waals surface area contributed by atoms with Crippen molar-refractivity contribution < 1.29 is 4.74 Å². The fraction of sp³-hybridized carbons (Fsp3) is 0.545. The summed E-state index contributed by atoms with van der Waals surface area (Å²) in [6.07, 6.45) is 4.96. The first-order valence-corrected chi connectivity index (χ1v) is 4.72. The Bertz CT molecular complexity index is 235. The van der Waals surface area contributed by atoms with Gasteiger partial charge in [-0.15, -0.1) is 0 Å². The number of hydrogen-bond acceptors (Lipinski definition) is 2. The molecule has 0 bridgehead atoms. The number of aromatic nitrogens is 1. The summed E-state index contributed by atoms with van der Waals surface area (Å²) >= 11 is 0. The monoisotopic (exact) mass is 179 g/mol. The molecule has 2 nitrogen and oxygen atoms in total. The standard InChI is InChI=1S/C11H17NO/c1-4-9(2)11(13-3)10-6-5-7-12-8-10/h5-9,11H,4H2,1-3H3. The molecule has 1 aromatic heterocycles. The molecule has 72 valence electrons. The molecule has 0 spiro atoms. The van der Waals surface area contributed by atoms with Crippen LogP contribution in [0.4, 0.5) is 0 Å². The molecule has 0 aromatic carbocycles. The Labute approximate surface area is 80.0 Å². The first-order chi connectivity index (χ1) is 6.29. The van der Waals surface area contributed by atoms with Gasteiger partial charge in [0.2, 0.25) is 0 Å². The van der Waals surface area contributed by atoms with Crippen LogP contribution in [-0.2, 0) is 4.74 Å². The fourth-order valence-corrected chi connectivity index (χ4v) is 1.46. The van der Waals surface area contributed by atoms with Gasteiger partial charge in [-0.2, -0.15) is 0 Å². The highest BCUT2D eigenvalue weighted by Crippen LogP contribution is 2.26. The van der Waals surface area contributed by atoms with Crippen molar-refractivity contribution >= 4 is 0 Å². The van der Waals surface area contributed by atoms with E-state index in [2.05, 4.69) is 24.9 Å². The quantitative estimate of drug-likeness (QED) is 0.709. The van der Waals surface area contributed by atoms with E-state index in [4.69, 9.17) is 4.74 Å². The molecular weight excluding hydrogens is 162 g/mol. The normalized spacial score (nSPS) is 15.3. The molecule has 1 rings (SSSR count). The van der Waals surface area contributed by atoms with Crippen molar-refractivity contribution in [2.45, 2.75) is 26.4 Å². The van der Waals surface area contributed by atoms with E-state index in [1.807, 2.05) is 12.3 Å². The summed E-state index contributed by atoms with van der Waals surface area (Å²) in [7, 11) is 1.75. The summed E-state index contributed by atoms with van der Waals surface area (Å²) in [6, 6.07) is 4.01. The topological polar surface area (TPSA) is 22.1 Å². The van der Waals surface area contributed by atoms with E-state index in [9.17, 15) is 0 Å². The van der Waals surface area contributed by atoms with Crippen LogP contribution in [0.2, 0.25) is 0 Å². The number of methoxy groups -OCH3 is 1. The van der Waals surface area contributed by atoms with E-state index in [1.54, 1.807) is 13.3 Å². The Morgan fingerprint density at radius 2 is 2.31 bits per heavy atom. The van der Waals surface area contributed by atoms with Gasteiger partial charge in [-0.05, 0) is 17.5 Å². The highest BCUT2D eigenvalue weighted by Gasteiger charge is 2.16. The maximum Gasteiger partial charge on any atom is 0.0861 e. The first-order valence-electron chi connectivity index (χ1n) is 4.72. The van der Waals surface area contributed by atoms with E-state index in [0.29, 0.717) is 5.92 Å². The SMILES string of the molecule is CCC(C)C(OC)c1cccnc1. The van der Waals surface area contributed by atoms with Crippen molar-refractivity contribution in [1.29, 1.82) is 0 Å². The van der Waals surface area contributed by atoms with Crippen molar-refractivity contribution in [3.05, 3.63) is 30.1 Å². The third-order valence-electron chi connectivity index (χ3n) is 2.43. The minimum absolute atomic E-state index is 0.179. The molecule has 0 fully saturated rings. The molecule has 2 unspecified atom stereocenters. The van der Waals surface area contributed by atoms with Crippen LogP contribution in [0.25, 0.3) is 0 Å². The summed E-state index contributed by atoms with van der Waals surface area (Å²) in [4.78, 5) is 4.09. The van der Waals surface area contributed by atoms with E-state index in [1.165, 1.54) is 5.56 Å². The second kappa shape index (κ2) is 4.97. The molecule has 2 atom stereocenters. The minimum Gasteiger partial charge on any atom is -0.376 e. The van der Waals surface area contributed by atoms with E-state index >= 15 is 0 Å². The van der Waals surface area contributed by atoms with Crippen molar-refractivity contribution in [3.63, 3.8) is 0 Å². The first kappa shape index (κ1) is 10.2. The van der Waals surface area contributed by atoms with Gasteiger partial charge < -0.3 is 4.74 Å². The lowest BCUT2D eigenvalue weighted by Crippen LogP contribution is -2.11. The summed E-state index contributed by atoms with van der Waals surface area (Å²) in [5.74, 6) is 0.536. The molecule has 0 N–H and O–H groups in total. The van der Waals surface area contributed by atoms with Gasteiger partial charge in [0.1, 0.15) is 0 Å². The van der Waals surface area contributed by atoms with Gasteiger partial charge >= 0.3 is 0 Å². The van der Waals surface area contributed by atoms with Crippen LogP contribution in [0.1, 0.15) is 31.9 Å². The third kappa shape index (κ3) is 2.52. The van der Waals surface area contributed by atoms with Gasteiger partial charge in [0.15, 0.2) is 0 Å². The van der Waals surface area contributed by atoms with Crippen LogP contribution in [-0.4, -0.2) is 12.1 Å². The zero-order chi connectivity index (χ0) is 9.68. The molecule has 0 aliphatic rings. The number of ether oxygens (including phenoxy) is 1. The third-order valence-corrected chi connectivity index (χ3v) is 2.43.